The minimum absolute atomic E-state index is 0.0561. The smallest absolute Gasteiger partial charge is 0.355 e. The lowest BCUT2D eigenvalue weighted by Gasteiger charge is -2.46. The molecular formula is C23H16F5N3O3S. The summed E-state index contributed by atoms with van der Waals surface area (Å²) < 4.78 is 94.2. The van der Waals surface area contributed by atoms with Gasteiger partial charge in [0.2, 0.25) is 5.88 Å². The first kappa shape index (κ1) is 22.3. The van der Waals surface area contributed by atoms with Crippen LogP contribution in [0, 0.1) is 23.5 Å². The number of rotatable bonds is 4. The lowest BCUT2D eigenvalue weighted by atomic mass is 9.57. The van der Waals surface area contributed by atoms with Gasteiger partial charge in [0.25, 0.3) is 0 Å². The fourth-order valence-electron chi connectivity index (χ4n) is 5.57. The fraction of sp³-hybridized carbons (Fsp3) is 0.348. The SMILES string of the molecule is O=S(=O)(Oc1cccc(C23CC(C2)C2C[C@@H]2c2cc(-c4c(F)cccc4F)nnc23)n1)C(F)(F)F. The molecule has 0 radical (unpaired) electrons. The Morgan fingerprint density at radius 2 is 1.69 bits per heavy atom. The van der Waals surface area contributed by atoms with Crippen LogP contribution in [-0.2, 0) is 15.5 Å². The number of hydrogen-bond acceptors (Lipinski definition) is 6. The first-order valence-corrected chi connectivity index (χ1v) is 12.2. The Morgan fingerprint density at radius 1 is 1.00 bits per heavy atom. The molecule has 4 aliphatic rings. The number of benzene rings is 1. The second-order valence-corrected chi connectivity index (χ2v) is 10.8. The van der Waals surface area contributed by atoms with Crippen molar-refractivity contribution in [2.24, 2.45) is 11.8 Å². The highest BCUT2D eigenvalue weighted by atomic mass is 32.2. The molecule has 2 fully saturated rings. The summed E-state index contributed by atoms with van der Waals surface area (Å²) in [7, 11) is -5.88. The van der Waals surface area contributed by atoms with Crippen molar-refractivity contribution in [3.63, 3.8) is 0 Å². The highest BCUT2D eigenvalue weighted by molar-refractivity contribution is 7.87. The Hall–Kier alpha value is -3.15. The molecule has 1 aromatic carbocycles. The van der Waals surface area contributed by atoms with E-state index in [1.807, 2.05) is 0 Å². The summed E-state index contributed by atoms with van der Waals surface area (Å²) in [5, 5.41) is 8.47. The average Bonchev–Trinajstić information content (AvgIpc) is 3.54. The Kier molecular flexibility index (Phi) is 4.58. The zero-order valence-corrected chi connectivity index (χ0v) is 18.6. The second-order valence-electron chi connectivity index (χ2n) is 9.23. The number of nitrogens with zero attached hydrogens (tertiary/aromatic N) is 3. The maximum atomic E-state index is 14.4. The van der Waals surface area contributed by atoms with Gasteiger partial charge in [-0.05, 0) is 66.8 Å². The molecule has 35 heavy (non-hydrogen) atoms. The lowest BCUT2D eigenvalue weighted by Crippen LogP contribution is -2.44. The van der Waals surface area contributed by atoms with Crippen LogP contribution in [0.15, 0.2) is 42.5 Å². The van der Waals surface area contributed by atoms with E-state index in [0.717, 1.165) is 30.2 Å². The molecule has 2 aromatic heterocycles. The van der Waals surface area contributed by atoms with Crippen molar-refractivity contribution < 1.29 is 34.6 Å². The molecular weight excluding hydrogens is 493 g/mol. The van der Waals surface area contributed by atoms with Crippen molar-refractivity contribution in [3.05, 3.63) is 71.1 Å². The maximum Gasteiger partial charge on any atom is 0.534 e. The molecule has 2 heterocycles. The molecule has 1 unspecified atom stereocenters. The van der Waals surface area contributed by atoms with Crippen LogP contribution in [0.2, 0.25) is 0 Å². The standard InChI is InChI=1S/C23H16F5N3O3S/c24-15-3-1-4-16(25)20(15)17-8-14-13-7-12(13)11-9-22(10-11,21(14)31-30-17)18-5-2-6-19(29-18)34-35(32,33)23(26,27)28/h1-6,8,11-13H,7,9-10H2/t11?,12?,13-,22?/m0/s1. The number of pyridine rings is 1. The molecule has 0 amide bonds. The Morgan fingerprint density at radius 3 is 2.37 bits per heavy atom. The summed E-state index contributed by atoms with van der Waals surface area (Å²) in [4.78, 5) is 4.10. The van der Waals surface area contributed by atoms with Crippen LogP contribution < -0.4 is 4.18 Å². The van der Waals surface area contributed by atoms with E-state index < -0.39 is 38.6 Å². The molecule has 182 valence electrons. The van der Waals surface area contributed by atoms with Crippen LogP contribution >= 0.6 is 0 Å². The van der Waals surface area contributed by atoms with E-state index in [1.165, 1.54) is 12.1 Å². The monoisotopic (exact) mass is 509 g/mol. The predicted molar refractivity (Wildman–Crippen MR) is 112 cm³/mol. The minimum atomic E-state index is -5.88. The van der Waals surface area contributed by atoms with E-state index in [1.54, 1.807) is 12.1 Å². The van der Waals surface area contributed by atoms with Crippen molar-refractivity contribution in [1.29, 1.82) is 0 Å². The number of halogens is 5. The molecule has 3 aromatic rings. The van der Waals surface area contributed by atoms with E-state index in [2.05, 4.69) is 19.4 Å². The molecule has 4 aliphatic carbocycles. The van der Waals surface area contributed by atoms with Gasteiger partial charge in [0, 0.05) is 6.07 Å². The summed E-state index contributed by atoms with van der Waals surface area (Å²) in [6.45, 7) is 0. The van der Waals surface area contributed by atoms with Crippen LogP contribution in [0.25, 0.3) is 11.3 Å². The van der Waals surface area contributed by atoms with E-state index in [-0.39, 0.29) is 17.2 Å². The van der Waals surface area contributed by atoms with Gasteiger partial charge in [0.1, 0.15) is 11.6 Å². The third-order valence-corrected chi connectivity index (χ3v) is 8.21. The second kappa shape index (κ2) is 7.19. The summed E-state index contributed by atoms with van der Waals surface area (Å²) in [6.07, 6.45) is 2.11. The summed E-state index contributed by atoms with van der Waals surface area (Å²) in [5.41, 5.74) is -5.00. The quantitative estimate of drug-likeness (QED) is 0.284. The molecule has 12 heteroatoms. The highest BCUT2D eigenvalue weighted by Crippen LogP contribution is 2.68. The molecule has 7 rings (SSSR count). The topological polar surface area (TPSA) is 82.0 Å². The molecule has 0 N–H and O–H groups in total. The van der Waals surface area contributed by atoms with E-state index in [9.17, 15) is 30.4 Å². The molecule has 0 saturated heterocycles. The third kappa shape index (κ3) is 3.33. The summed E-state index contributed by atoms with van der Waals surface area (Å²) in [6, 6.07) is 9.13. The zero-order chi connectivity index (χ0) is 24.8. The molecule has 2 atom stereocenters. The zero-order valence-electron chi connectivity index (χ0n) is 17.8. The van der Waals surface area contributed by atoms with Gasteiger partial charge < -0.3 is 4.18 Å². The van der Waals surface area contributed by atoms with E-state index >= 15 is 0 Å². The molecule has 0 aliphatic heterocycles. The fourth-order valence-corrected chi connectivity index (χ4v) is 5.98. The van der Waals surface area contributed by atoms with Gasteiger partial charge in [-0.1, -0.05) is 12.1 Å². The van der Waals surface area contributed by atoms with Crippen LogP contribution in [-0.4, -0.2) is 29.1 Å². The average molecular weight is 509 g/mol. The molecule has 0 spiro atoms. The molecule has 2 bridgehead atoms. The van der Waals surface area contributed by atoms with Crippen LogP contribution in [0.1, 0.15) is 42.1 Å². The summed E-state index contributed by atoms with van der Waals surface area (Å²) >= 11 is 0. The normalized spacial score (nSPS) is 26.7. The van der Waals surface area contributed by atoms with Gasteiger partial charge in [-0.25, -0.2) is 13.8 Å². The van der Waals surface area contributed by atoms with Gasteiger partial charge in [-0.15, -0.1) is 5.10 Å². The van der Waals surface area contributed by atoms with E-state index in [0.29, 0.717) is 36.1 Å². The Labute approximate surface area is 196 Å². The Balaban J connectivity index is 1.44. The minimum Gasteiger partial charge on any atom is -0.355 e. The number of hydrogen-bond donors (Lipinski definition) is 0. The van der Waals surface area contributed by atoms with Gasteiger partial charge in [-0.3, -0.25) is 0 Å². The lowest BCUT2D eigenvalue weighted by molar-refractivity contribution is -0.0501. The third-order valence-electron chi connectivity index (χ3n) is 7.25. The van der Waals surface area contributed by atoms with Crippen LogP contribution in [0.3, 0.4) is 0 Å². The van der Waals surface area contributed by atoms with Crippen molar-refractivity contribution in [3.8, 4) is 17.1 Å². The van der Waals surface area contributed by atoms with Gasteiger partial charge in [0.05, 0.1) is 28.1 Å². The largest absolute Gasteiger partial charge is 0.534 e. The van der Waals surface area contributed by atoms with Crippen LogP contribution in [0.5, 0.6) is 5.88 Å². The first-order chi connectivity index (χ1) is 16.5. The Bertz CT molecular complexity index is 1450. The maximum absolute atomic E-state index is 14.4. The number of aromatic nitrogens is 3. The van der Waals surface area contributed by atoms with Gasteiger partial charge in [-0.2, -0.15) is 26.7 Å². The van der Waals surface area contributed by atoms with Gasteiger partial charge in [0.15, 0.2) is 0 Å². The van der Waals surface area contributed by atoms with Crippen molar-refractivity contribution in [1.82, 2.24) is 15.2 Å². The van der Waals surface area contributed by atoms with Crippen molar-refractivity contribution in [2.75, 3.05) is 0 Å². The van der Waals surface area contributed by atoms with E-state index in [4.69, 9.17) is 0 Å². The first-order valence-electron chi connectivity index (χ1n) is 10.8. The highest BCUT2D eigenvalue weighted by Gasteiger charge is 2.62. The van der Waals surface area contributed by atoms with Crippen molar-refractivity contribution >= 4 is 10.1 Å². The van der Waals surface area contributed by atoms with Crippen molar-refractivity contribution in [2.45, 2.75) is 36.1 Å². The predicted octanol–water partition coefficient (Wildman–Crippen LogP) is 4.86. The van der Waals surface area contributed by atoms with Gasteiger partial charge >= 0.3 is 15.6 Å². The summed E-state index contributed by atoms with van der Waals surface area (Å²) in [5.74, 6) is -1.43. The number of alkyl halides is 3. The molecule has 2 saturated carbocycles. The molecule has 6 nitrogen and oxygen atoms in total. The van der Waals surface area contributed by atoms with Crippen LogP contribution in [0.4, 0.5) is 22.0 Å².